The van der Waals surface area contributed by atoms with E-state index in [0.29, 0.717) is 17.7 Å². The summed E-state index contributed by atoms with van der Waals surface area (Å²) in [7, 11) is 0. The fourth-order valence-electron chi connectivity index (χ4n) is 7.78. The molecule has 1 aromatic heterocycles. The molecule has 1 saturated carbocycles. The maximum Gasteiger partial charge on any atom is 0.252 e. The van der Waals surface area contributed by atoms with Gasteiger partial charge in [0, 0.05) is 35.5 Å². The fraction of sp³-hybridized carbons (Fsp3) is 0.444. The molecule has 1 spiro atoms. The average Bonchev–Trinajstić information content (AvgIpc) is 3.44. The van der Waals surface area contributed by atoms with Crippen LogP contribution in [0.15, 0.2) is 36.4 Å². The minimum atomic E-state index is -0.961. The maximum absolute atomic E-state index is 12.8. The topological polar surface area (TPSA) is 91.6 Å². The smallest absolute Gasteiger partial charge is 0.252 e. The Kier molecular flexibility index (Phi) is 3.27. The fourth-order valence-corrected chi connectivity index (χ4v) is 7.78. The molecule has 33 heavy (non-hydrogen) atoms. The van der Waals surface area contributed by atoms with Gasteiger partial charge < -0.3 is 20.6 Å². The Bertz CT molecular complexity index is 1370. The van der Waals surface area contributed by atoms with Crippen LogP contribution in [0, 0.1) is 5.92 Å². The van der Waals surface area contributed by atoms with Crippen LogP contribution in [-0.2, 0) is 18.3 Å². The van der Waals surface area contributed by atoms with Gasteiger partial charge in [-0.3, -0.25) is 9.69 Å². The van der Waals surface area contributed by atoms with Crippen molar-refractivity contribution < 1.29 is 14.6 Å². The van der Waals surface area contributed by atoms with E-state index in [-0.39, 0.29) is 12.1 Å². The summed E-state index contributed by atoms with van der Waals surface area (Å²) in [6.07, 6.45) is 4.44. The number of nitrogens with one attached hydrogen (secondary N) is 1. The first kappa shape index (κ1) is 18.6. The van der Waals surface area contributed by atoms with E-state index in [1.807, 2.05) is 12.1 Å². The number of aliphatic hydroxyl groups is 1. The lowest BCUT2D eigenvalue weighted by molar-refractivity contribution is -0.173. The van der Waals surface area contributed by atoms with Gasteiger partial charge in [0.25, 0.3) is 5.91 Å². The van der Waals surface area contributed by atoms with Gasteiger partial charge in [0.1, 0.15) is 5.75 Å². The third-order valence-corrected chi connectivity index (χ3v) is 9.35. The van der Waals surface area contributed by atoms with Gasteiger partial charge in [0.15, 0.2) is 6.10 Å². The quantitative estimate of drug-likeness (QED) is 0.583. The Balaban J connectivity index is 1.43. The van der Waals surface area contributed by atoms with Gasteiger partial charge >= 0.3 is 0 Å². The van der Waals surface area contributed by atoms with E-state index in [2.05, 4.69) is 34.1 Å². The molecule has 8 rings (SSSR count). The summed E-state index contributed by atoms with van der Waals surface area (Å²) in [5, 5.41) is 14.0. The monoisotopic (exact) mass is 441 g/mol. The summed E-state index contributed by atoms with van der Waals surface area (Å²) < 4.78 is 6.71. The van der Waals surface area contributed by atoms with Crippen LogP contribution in [0.3, 0.4) is 0 Å². The van der Waals surface area contributed by atoms with Gasteiger partial charge in [0.05, 0.1) is 22.3 Å². The van der Waals surface area contributed by atoms with E-state index < -0.39 is 16.9 Å². The van der Waals surface area contributed by atoms with Gasteiger partial charge in [-0.25, -0.2) is 0 Å². The molecule has 2 fully saturated rings. The maximum atomic E-state index is 12.8. The predicted molar refractivity (Wildman–Crippen MR) is 123 cm³/mol. The van der Waals surface area contributed by atoms with E-state index in [1.165, 1.54) is 18.4 Å². The summed E-state index contributed by atoms with van der Waals surface area (Å²) >= 11 is 0. The number of nitrogens with two attached hydrogens (primary N) is 1. The summed E-state index contributed by atoms with van der Waals surface area (Å²) in [5.41, 5.74) is 10.2. The molecule has 1 amide bonds. The molecule has 3 aromatic rings. The number of aromatic amines is 1. The third kappa shape index (κ3) is 2.06. The minimum Gasteiger partial charge on any atom is -0.482 e. The first-order chi connectivity index (χ1) is 16.0. The Morgan fingerprint density at radius 2 is 2.09 bits per heavy atom. The highest BCUT2D eigenvalue weighted by Gasteiger charge is 2.72. The normalized spacial score (nSPS) is 33.5. The van der Waals surface area contributed by atoms with E-state index in [9.17, 15) is 9.90 Å². The van der Waals surface area contributed by atoms with Crippen LogP contribution < -0.4 is 10.5 Å². The van der Waals surface area contributed by atoms with Crippen LogP contribution in [0.4, 0.5) is 0 Å². The van der Waals surface area contributed by atoms with Crippen LogP contribution >= 0.6 is 0 Å². The van der Waals surface area contributed by atoms with Crippen molar-refractivity contribution in [2.75, 3.05) is 13.1 Å². The first-order valence-corrected chi connectivity index (χ1v) is 12.2. The molecule has 4 N–H and O–H groups in total. The van der Waals surface area contributed by atoms with Crippen LogP contribution in [0.25, 0.3) is 10.9 Å². The molecule has 5 aliphatic rings. The summed E-state index contributed by atoms with van der Waals surface area (Å²) in [4.78, 5) is 18.6. The number of fused-ring (bicyclic) bond motifs is 4. The molecule has 1 saturated heterocycles. The molecule has 1 unspecified atom stereocenters. The molecule has 3 heterocycles. The Hall–Kier alpha value is -2.83. The number of H-pyrrole nitrogens is 1. The molecule has 4 atom stereocenters. The van der Waals surface area contributed by atoms with Gasteiger partial charge in [-0.05, 0) is 61.4 Å². The second-order valence-corrected chi connectivity index (χ2v) is 10.9. The number of hydrogen-bond donors (Lipinski definition) is 3. The minimum absolute atomic E-state index is 0.0395. The largest absolute Gasteiger partial charge is 0.482 e. The number of carbonyl (C=O) groups is 1. The number of hydrogen-bond acceptors (Lipinski definition) is 4. The zero-order valence-electron chi connectivity index (χ0n) is 18.4. The number of carbonyl (C=O) groups excluding carboxylic acids is 1. The molecule has 3 aliphatic carbocycles. The van der Waals surface area contributed by atoms with Gasteiger partial charge in [-0.2, -0.15) is 0 Å². The van der Waals surface area contributed by atoms with E-state index in [4.69, 9.17) is 10.5 Å². The van der Waals surface area contributed by atoms with Crippen molar-refractivity contribution in [2.24, 2.45) is 11.7 Å². The first-order valence-electron chi connectivity index (χ1n) is 12.2. The molecule has 2 aromatic carbocycles. The Morgan fingerprint density at radius 1 is 1.24 bits per heavy atom. The number of para-hydroxylation sites is 1. The zero-order chi connectivity index (χ0) is 22.1. The number of amides is 1. The lowest BCUT2D eigenvalue weighted by Gasteiger charge is -2.62. The number of ether oxygens (including phenoxy) is 1. The standard InChI is InChI=1S/C27H27N3O3/c28-25(31)17-8-7-15-11-20-27(32)12-18-16-3-1-2-4-19(16)29-22(18)24-26(27,21(15)23(17)33-24)9-10-30(20)13-14-5-6-14/h1-4,7-8,14,20,24,29,32H,5-6,9-13H2,(H2,28,31)/t20-,24?,26+,27-/m1/s1. The number of benzene rings is 2. The predicted octanol–water partition coefficient (Wildman–Crippen LogP) is 2.97. The molecule has 168 valence electrons. The molecule has 0 radical (unpaired) electrons. The number of rotatable bonds is 3. The van der Waals surface area contributed by atoms with Gasteiger partial charge in [-0.15, -0.1) is 0 Å². The number of nitrogens with zero attached hydrogens (tertiary/aromatic N) is 1. The van der Waals surface area contributed by atoms with Gasteiger partial charge in [0.2, 0.25) is 0 Å². The summed E-state index contributed by atoms with van der Waals surface area (Å²) in [6.45, 7) is 2.01. The van der Waals surface area contributed by atoms with Crippen molar-refractivity contribution in [1.29, 1.82) is 0 Å². The van der Waals surface area contributed by atoms with Crippen LogP contribution in [-0.4, -0.2) is 45.6 Å². The van der Waals surface area contributed by atoms with Crippen molar-refractivity contribution in [3.63, 3.8) is 0 Å². The van der Waals surface area contributed by atoms with Crippen LogP contribution in [0.5, 0.6) is 5.75 Å². The van der Waals surface area contributed by atoms with Gasteiger partial charge in [-0.1, -0.05) is 24.3 Å². The number of likely N-dealkylation sites (tertiary alicyclic amines) is 1. The SMILES string of the molecule is NC(=O)c1ccc2c3c1OC1c4[nH]c5ccccc5c4C[C@@]4(O)[C@@H](C2)N(CC2CC2)CC[C@]314. The molecular weight excluding hydrogens is 414 g/mol. The number of aromatic nitrogens is 1. The highest BCUT2D eigenvalue weighted by atomic mass is 16.5. The van der Waals surface area contributed by atoms with Crippen molar-refractivity contribution in [3.8, 4) is 5.75 Å². The Labute approximate surface area is 191 Å². The molecule has 6 nitrogen and oxygen atoms in total. The Morgan fingerprint density at radius 3 is 2.91 bits per heavy atom. The van der Waals surface area contributed by atoms with Crippen molar-refractivity contribution >= 4 is 16.8 Å². The van der Waals surface area contributed by atoms with Crippen LogP contribution in [0.2, 0.25) is 0 Å². The summed E-state index contributed by atoms with van der Waals surface area (Å²) in [5.74, 6) is 0.889. The molecule has 2 bridgehead atoms. The molecule has 6 heteroatoms. The number of primary amides is 1. The second-order valence-electron chi connectivity index (χ2n) is 10.9. The van der Waals surface area contributed by atoms with E-state index >= 15 is 0 Å². The third-order valence-electron chi connectivity index (χ3n) is 9.35. The highest BCUT2D eigenvalue weighted by Crippen LogP contribution is 2.68. The van der Waals surface area contributed by atoms with E-state index in [1.54, 1.807) is 0 Å². The summed E-state index contributed by atoms with van der Waals surface area (Å²) in [6, 6.07) is 12.2. The van der Waals surface area contributed by atoms with Crippen LogP contribution in [0.1, 0.15) is 58.1 Å². The zero-order valence-corrected chi connectivity index (χ0v) is 18.4. The average molecular weight is 442 g/mol. The van der Waals surface area contributed by atoms with Crippen molar-refractivity contribution in [1.82, 2.24) is 9.88 Å². The van der Waals surface area contributed by atoms with Crippen molar-refractivity contribution in [2.45, 2.75) is 55.3 Å². The molecule has 2 aliphatic heterocycles. The van der Waals surface area contributed by atoms with Crippen molar-refractivity contribution in [3.05, 3.63) is 64.3 Å². The van der Waals surface area contributed by atoms with E-state index in [0.717, 1.165) is 59.6 Å². The second kappa shape index (κ2) is 5.80. The lowest BCUT2D eigenvalue weighted by atomic mass is 9.49. The lowest BCUT2D eigenvalue weighted by Crippen LogP contribution is -2.74. The highest BCUT2D eigenvalue weighted by molar-refractivity contribution is 5.97. The number of piperidine rings is 1. The molecular formula is C27H27N3O3.